The number of carbonyl (C=O) groups is 1. The molecule has 1 amide bonds. The van der Waals surface area contributed by atoms with Crippen LogP contribution in [0.3, 0.4) is 0 Å². The fourth-order valence-corrected chi connectivity index (χ4v) is 3.13. The van der Waals surface area contributed by atoms with Crippen molar-refractivity contribution in [3.63, 3.8) is 0 Å². The normalized spacial score (nSPS) is 10.5. The van der Waals surface area contributed by atoms with Crippen LogP contribution in [0.25, 0.3) is 0 Å². The Hall–Kier alpha value is -2.73. The molecule has 6 heteroatoms. The molecule has 0 atom stereocenters. The van der Waals surface area contributed by atoms with E-state index in [9.17, 15) is 4.79 Å². The molecular weight excluding hydrogens is 334 g/mol. The molecule has 0 aliphatic carbocycles. The number of aromatic nitrogens is 2. The Morgan fingerprint density at radius 3 is 2.80 bits per heavy atom. The van der Waals surface area contributed by atoms with Crippen molar-refractivity contribution in [2.24, 2.45) is 0 Å². The summed E-state index contributed by atoms with van der Waals surface area (Å²) >= 11 is 1.53. The first-order chi connectivity index (χ1) is 12.0. The first kappa shape index (κ1) is 17.1. The second-order valence-electron chi connectivity index (χ2n) is 5.79. The quantitative estimate of drug-likeness (QED) is 0.743. The Kier molecular flexibility index (Phi) is 5.09. The van der Waals surface area contributed by atoms with Gasteiger partial charge in [0.1, 0.15) is 12.4 Å². The van der Waals surface area contributed by atoms with Crippen LogP contribution >= 0.6 is 11.3 Å². The fourth-order valence-electron chi connectivity index (χ4n) is 2.59. The van der Waals surface area contributed by atoms with Crippen LogP contribution in [0.5, 0.6) is 5.75 Å². The highest BCUT2D eigenvalue weighted by molar-refractivity contribution is 7.07. The Labute approximate surface area is 150 Å². The summed E-state index contributed by atoms with van der Waals surface area (Å²) in [6.45, 7) is 6.18. The van der Waals surface area contributed by atoms with Crippen LogP contribution in [0.15, 0.2) is 41.2 Å². The minimum absolute atomic E-state index is 0.184. The standard InChI is InChI=1S/C19H19N3O2S/c1-12-7-13(2)21-14(3)18(12)22-19(23)15-5-4-6-17(8-15)24-9-16-10-25-11-20-16/h4-8,10-11H,9H2,1-3H3,(H,22,23). The lowest BCUT2D eigenvalue weighted by atomic mass is 10.1. The summed E-state index contributed by atoms with van der Waals surface area (Å²) in [6.07, 6.45) is 0. The highest BCUT2D eigenvalue weighted by Gasteiger charge is 2.12. The summed E-state index contributed by atoms with van der Waals surface area (Å²) in [4.78, 5) is 21.2. The molecule has 25 heavy (non-hydrogen) atoms. The third kappa shape index (κ3) is 4.22. The first-order valence-corrected chi connectivity index (χ1v) is 8.83. The van der Waals surface area contributed by atoms with Gasteiger partial charge in [-0.3, -0.25) is 9.78 Å². The van der Waals surface area contributed by atoms with Crippen molar-refractivity contribution in [3.05, 3.63) is 69.4 Å². The SMILES string of the molecule is Cc1cc(C)c(NC(=O)c2cccc(OCc3cscn3)c2)c(C)n1. The van der Waals surface area contributed by atoms with E-state index in [0.29, 0.717) is 17.9 Å². The molecular formula is C19H19N3O2S. The number of rotatable bonds is 5. The van der Waals surface area contributed by atoms with Crippen LogP contribution in [0.4, 0.5) is 5.69 Å². The van der Waals surface area contributed by atoms with E-state index in [0.717, 1.165) is 28.3 Å². The number of nitrogens with zero attached hydrogens (tertiary/aromatic N) is 2. The van der Waals surface area contributed by atoms with Crippen molar-refractivity contribution in [1.29, 1.82) is 0 Å². The summed E-state index contributed by atoms with van der Waals surface area (Å²) < 4.78 is 5.71. The number of benzene rings is 1. The van der Waals surface area contributed by atoms with Crippen molar-refractivity contribution < 1.29 is 9.53 Å². The minimum atomic E-state index is -0.184. The molecule has 0 spiro atoms. The number of nitrogens with one attached hydrogen (secondary N) is 1. The number of ether oxygens (including phenoxy) is 1. The van der Waals surface area contributed by atoms with Crippen LogP contribution in [-0.2, 0) is 6.61 Å². The molecule has 0 saturated carbocycles. The number of carbonyl (C=O) groups excluding carboxylic acids is 1. The fraction of sp³-hybridized carbons (Fsp3) is 0.211. The third-order valence-corrected chi connectivity index (χ3v) is 4.37. The molecule has 3 aromatic rings. The van der Waals surface area contributed by atoms with E-state index in [-0.39, 0.29) is 5.91 Å². The van der Waals surface area contributed by atoms with Gasteiger partial charge in [0.2, 0.25) is 0 Å². The van der Waals surface area contributed by atoms with Gasteiger partial charge in [-0.05, 0) is 50.6 Å². The number of amides is 1. The highest BCUT2D eigenvalue weighted by atomic mass is 32.1. The van der Waals surface area contributed by atoms with Gasteiger partial charge in [0.05, 0.1) is 22.6 Å². The van der Waals surface area contributed by atoms with Crippen LogP contribution in [0, 0.1) is 20.8 Å². The molecule has 0 radical (unpaired) electrons. The number of thiazole rings is 1. The maximum atomic E-state index is 12.6. The number of hydrogen-bond donors (Lipinski definition) is 1. The molecule has 0 aliphatic heterocycles. The van der Waals surface area contributed by atoms with Crippen LogP contribution in [0.2, 0.25) is 0 Å². The van der Waals surface area contributed by atoms with Crippen molar-refractivity contribution in [1.82, 2.24) is 9.97 Å². The van der Waals surface area contributed by atoms with Gasteiger partial charge in [-0.25, -0.2) is 4.98 Å². The van der Waals surface area contributed by atoms with Gasteiger partial charge in [-0.2, -0.15) is 0 Å². The van der Waals surface area contributed by atoms with Crippen molar-refractivity contribution in [3.8, 4) is 5.75 Å². The van der Waals surface area contributed by atoms with E-state index in [1.165, 1.54) is 11.3 Å². The van der Waals surface area contributed by atoms with Crippen LogP contribution < -0.4 is 10.1 Å². The van der Waals surface area contributed by atoms with Crippen LogP contribution in [0.1, 0.15) is 33.0 Å². The van der Waals surface area contributed by atoms with Gasteiger partial charge in [-0.1, -0.05) is 6.07 Å². The first-order valence-electron chi connectivity index (χ1n) is 7.89. The Balaban J connectivity index is 1.73. The highest BCUT2D eigenvalue weighted by Crippen LogP contribution is 2.21. The maximum absolute atomic E-state index is 12.6. The van der Waals surface area contributed by atoms with Gasteiger partial charge in [-0.15, -0.1) is 11.3 Å². The molecule has 5 nitrogen and oxygen atoms in total. The molecule has 2 heterocycles. The lowest BCUT2D eigenvalue weighted by Gasteiger charge is -2.12. The lowest BCUT2D eigenvalue weighted by Crippen LogP contribution is -2.14. The second-order valence-corrected chi connectivity index (χ2v) is 6.51. The van der Waals surface area contributed by atoms with E-state index in [1.807, 2.05) is 38.3 Å². The van der Waals surface area contributed by atoms with Gasteiger partial charge in [0.15, 0.2) is 0 Å². The molecule has 1 N–H and O–H groups in total. The van der Waals surface area contributed by atoms with E-state index >= 15 is 0 Å². The van der Waals surface area contributed by atoms with E-state index in [2.05, 4.69) is 15.3 Å². The van der Waals surface area contributed by atoms with E-state index in [4.69, 9.17) is 4.74 Å². The molecule has 0 fully saturated rings. The predicted octanol–water partition coefficient (Wildman–Crippen LogP) is 4.29. The molecule has 0 bridgehead atoms. The molecule has 3 rings (SSSR count). The minimum Gasteiger partial charge on any atom is -0.487 e. The molecule has 2 aromatic heterocycles. The molecule has 128 valence electrons. The summed E-state index contributed by atoms with van der Waals surface area (Å²) in [7, 11) is 0. The number of pyridine rings is 1. The number of aryl methyl sites for hydroxylation is 3. The summed E-state index contributed by atoms with van der Waals surface area (Å²) in [5, 5.41) is 4.89. The van der Waals surface area contributed by atoms with Crippen molar-refractivity contribution >= 4 is 22.9 Å². The average molecular weight is 353 g/mol. The summed E-state index contributed by atoms with van der Waals surface area (Å²) in [5.74, 6) is 0.451. The summed E-state index contributed by atoms with van der Waals surface area (Å²) in [6, 6.07) is 9.08. The number of anilines is 1. The van der Waals surface area contributed by atoms with Crippen LogP contribution in [-0.4, -0.2) is 15.9 Å². The smallest absolute Gasteiger partial charge is 0.255 e. The topological polar surface area (TPSA) is 64.1 Å². The van der Waals surface area contributed by atoms with Gasteiger partial charge in [0.25, 0.3) is 5.91 Å². The second kappa shape index (κ2) is 7.44. The monoisotopic (exact) mass is 353 g/mol. The predicted molar refractivity (Wildman–Crippen MR) is 99.3 cm³/mol. The van der Waals surface area contributed by atoms with Gasteiger partial charge >= 0.3 is 0 Å². The number of hydrogen-bond acceptors (Lipinski definition) is 5. The zero-order valence-corrected chi connectivity index (χ0v) is 15.2. The van der Waals surface area contributed by atoms with Gasteiger partial charge < -0.3 is 10.1 Å². The van der Waals surface area contributed by atoms with Crippen molar-refractivity contribution in [2.45, 2.75) is 27.4 Å². The molecule has 0 aliphatic rings. The lowest BCUT2D eigenvalue weighted by molar-refractivity contribution is 0.102. The molecule has 1 aromatic carbocycles. The molecule has 0 saturated heterocycles. The zero-order valence-electron chi connectivity index (χ0n) is 14.4. The Morgan fingerprint density at radius 2 is 2.08 bits per heavy atom. The average Bonchev–Trinajstić information content (AvgIpc) is 3.10. The maximum Gasteiger partial charge on any atom is 0.255 e. The third-order valence-electron chi connectivity index (χ3n) is 3.73. The largest absolute Gasteiger partial charge is 0.487 e. The van der Waals surface area contributed by atoms with Crippen molar-refractivity contribution in [2.75, 3.05) is 5.32 Å². The molecule has 0 unspecified atom stereocenters. The van der Waals surface area contributed by atoms with Gasteiger partial charge in [0, 0.05) is 16.6 Å². The summed E-state index contributed by atoms with van der Waals surface area (Å²) in [5.41, 5.74) is 6.67. The van der Waals surface area contributed by atoms with E-state index in [1.54, 1.807) is 23.7 Å². The van der Waals surface area contributed by atoms with E-state index < -0.39 is 0 Å². The Bertz CT molecular complexity index is 868. The zero-order chi connectivity index (χ0) is 17.8. The Morgan fingerprint density at radius 1 is 1.24 bits per heavy atom.